The summed E-state index contributed by atoms with van der Waals surface area (Å²) in [6.07, 6.45) is 0. The minimum atomic E-state index is -0.571. The fourth-order valence-electron chi connectivity index (χ4n) is 2.26. The number of benzene rings is 1. The van der Waals surface area contributed by atoms with Crippen molar-refractivity contribution in [2.75, 3.05) is 13.2 Å². The highest BCUT2D eigenvalue weighted by Crippen LogP contribution is 2.36. The van der Waals surface area contributed by atoms with E-state index in [0.717, 1.165) is 0 Å². The molecule has 6 nitrogen and oxygen atoms in total. The van der Waals surface area contributed by atoms with Crippen LogP contribution >= 0.6 is 0 Å². The number of carbonyl (C=O) groups excluding carboxylic acids is 2. The number of rotatable bonds is 5. The molecule has 6 heteroatoms. The zero-order valence-electron chi connectivity index (χ0n) is 13.8. The molecular weight excluding hydrogens is 298 g/mol. The molecule has 2 N–H and O–H groups in total. The summed E-state index contributed by atoms with van der Waals surface area (Å²) < 4.78 is 16.3. The molecule has 0 radical (unpaired) electrons. The van der Waals surface area contributed by atoms with Crippen LogP contribution in [0, 0.1) is 0 Å². The van der Waals surface area contributed by atoms with Gasteiger partial charge in [-0.2, -0.15) is 0 Å². The van der Waals surface area contributed by atoms with E-state index in [9.17, 15) is 9.59 Å². The summed E-state index contributed by atoms with van der Waals surface area (Å²) in [5.74, 6) is -0.0253. The minimum absolute atomic E-state index is 0.232. The molecule has 23 heavy (non-hydrogen) atoms. The highest BCUT2D eigenvalue weighted by atomic mass is 16.5. The van der Waals surface area contributed by atoms with Gasteiger partial charge in [0.2, 0.25) is 0 Å². The van der Waals surface area contributed by atoms with Gasteiger partial charge in [0.1, 0.15) is 22.7 Å². The Bertz CT molecular complexity index is 739. The van der Waals surface area contributed by atoms with Gasteiger partial charge in [0.05, 0.1) is 6.61 Å². The largest absolute Gasteiger partial charge is 0.484 e. The Labute approximate surface area is 134 Å². The second kappa shape index (κ2) is 6.32. The number of furan rings is 1. The van der Waals surface area contributed by atoms with E-state index in [1.54, 1.807) is 25.1 Å². The normalized spacial score (nSPS) is 11.5. The molecule has 0 aliphatic heterocycles. The average molecular weight is 319 g/mol. The zero-order chi connectivity index (χ0) is 17.2. The van der Waals surface area contributed by atoms with E-state index < -0.39 is 11.9 Å². The van der Waals surface area contributed by atoms with Crippen LogP contribution in [-0.4, -0.2) is 25.1 Å². The first-order chi connectivity index (χ1) is 10.7. The van der Waals surface area contributed by atoms with Gasteiger partial charge < -0.3 is 19.6 Å². The highest BCUT2D eigenvalue weighted by Gasteiger charge is 2.30. The van der Waals surface area contributed by atoms with Crippen molar-refractivity contribution < 1.29 is 23.5 Å². The third-order valence-electron chi connectivity index (χ3n) is 3.20. The van der Waals surface area contributed by atoms with Crippen LogP contribution in [0.4, 0.5) is 0 Å². The van der Waals surface area contributed by atoms with Crippen LogP contribution in [0.3, 0.4) is 0 Å². The van der Waals surface area contributed by atoms with Gasteiger partial charge in [-0.25, -0.2) is 4.79 Å². The monoisotopic (exact) mass is 319 g/mol. The number of amides is 1. The second-order valence-corrected chi connectivity index (χ2v) is 6.19. The number of hydrogen-bond donors (Lipinski definition) is 1. The molecular formula is C17H21NO5. The predicted molar refractivity (Wildman–Crippen MR) is 85.6 cm³/mol. The van der Waals surface area contributed by atoms with Crippen LogP contribution < -0.4 is 10.5 Å². The lowest BCUT2D eigenvalue weighted by atomic mass is 9.89. The molecule has 1 amide bonds. The predicted octanol–water partition coefficient (Wildman–Crippen LogP) is 2.77. The lowest BCUT2D eigenvalue weighted by Crippen LogP contribution is -2.20. The fourth-order valence-corrected chi connectivity index (χ4v) is 2.26. The molecule has 0 aliphatic carbocycles. The number of nitrogens with two attached hydrogens (primary N) is 1. The summed E-state index contributed by atoms with van der Waals surface area (Å²) in [5, 5.41) is 0.593. The second-order valence-electron chi connectivity index (χ2n) is 6.19. The van der Waals surface area contributed by atoms with Crippen molar-refractivity contribution in [3.8, 4) is 5.75 Å². The van der Waals surface area contributed by atoms with Crippen molar-refractivity contribution in [2.24, 2.45) is 5.73 Å². The van der Waals surface area contributed by atoms with Crippen LogP contribution in [0.1, 0.15) is 43.8 Å². The van der Waals surface area contributed by atoms with Crippen LogP contribution in [-0.2, 0) is 14.9 Å². The van der Waals surface area contributed by atoms with E-state index in [1.165, 1.54) is 0 Å². The molecule has 0 bridgehead atoms. The van der Waals surface area contributed by atoms with E-state index in [2.05, 4.69) is 0 Å². The van der Waals surface area contributed by atoms with Crippen molar-refractivity contribution in [3.05, 3.63) is 29.5 Å². The molecule has 0 fully saturated rings. The first-order valence-corrected chi connectivity index (χ1v) is 7.39. The van der Waals surface area contributed by atoms with Crippen molar-refractivity contribution in [1.82, 2.24) is 0 Å². The van der Waals surface area contributed by atoms with Gasteiger partial charge in [-0.15, -0.1) is 0 Å². The van der Waals surface area contributed by atoms with E-state index >= 15 is 0 Å². The summed E-state index contributed by atoms with van der Waals surface area (Å²) in [6, 6.07) is 5.02. The maximum absolute atomic E-state index is 12.4. The van der Waals surface area contributed by atoms with Crippen LogP contribution in [0.5, 0.6) is 5.75 Å². The highest BCUT2D eigenvalue weighted by molar-refractivity contribution is 6.05. The van der Waals surface area contributed by atoms with E-state index in [0.29, 0.717) is 28.0 Å². The number of esters is 1. The molecule has 0 atom stereocenters. The maximum atomic E-state index is 12.4. The molecule has 124 valence electrons. The summed E-state index contributed by atoms with van der Waals surface area (Å²) >= 11 is 0. The Balaban J connectivity index is 2.57. The Hall–Kier alpha value is -2.50. The molecule has 0 aliphatic rings. The SMILES string of the molecule is CCOC(=O)c1c(C(C)(C)C)oc2ccc(OCC(N)=O)cc12. The van der Waals surface area contributed by atoms with Gasteiger partial charge in [-0.1, -0.05) is 20.8 Å². The van der Waals surface area contributed by atoms with E-state index in [-0.39, 0.29) is 18.6 Å². The van der Waals surface area contributed by atoms with Gasteiger partial charge in [-0.3, -0.25) is 4.79 Å². The fraction of sp³-hybridized carbons (Fsp3) is 0.412. The van der Waals surface area contributed by atoms with Crippen LogP contribution in [0.15, 0.2) is 22.6 Å². The maximum Gasteiger partial charge on any atom is 0.342 e. The molecule has 2 aromatic rings. The molecule has 1 heterocycles. The average Bonchev–Trinajstić information content (AvgIpc) is 2.84. The third kappa shape index (κ3) is 3.64. The van der Waals surface area contributed by atoms with Crippen molar-refractivity contribution in [2.45, 2.75) is 33.1 Å². The first kappa shape index (κ1) is 16.9. The van der Waals surface area contributed by atoms with Crippen molar-refractivity contribution in [3.63, 3.8) is 0 Å². The van der Waals surface area contributed by atoms with Crippen molar-refractivity contribution in [1.29, 1.82) is 0 Å². The number of primary amides is 1. The van der Waals surface area contributed by atoms with Gasteiger partial charge in [0.25, 0.3) is 5.91 Å². The van der Waals surface area contributed by atoms with E-state index in [4.69, 9.17) is 19.6 Å². The lowest BCUT2D eigenvalue weighted by Gasteiger charge is -2.16. The number of hydrogen-bond acceptors (Lipinski definition) is 5. The lowest BCUT2D eigenvalue weighted by molar-refractivity contribution is -0.119. The first-order valence-electron chi connectivity index (χ1n) is 7.39. The number of fused-ring (bicyclic) bond motifs is 1. The van der Waals surface area contributed by atoms with Gasteiger partial charge in [0, 0.05) is 10.8 Å². The van der Waals surface area contributed by atoms with Gasteiger partial charge >= 0.3 is 5.97 Å². The van der Waals surface area contributed by atoms with Gasteiger partial charge in [-0.05, 0) is 25.1 Å². The molecule has 2 rings (SSSR count). The molecule has 0 unspecified atom stereocenters. The van der Waals surface area contributed by atoms with Crippen LogP contribution in [0.2, 0.25) is 0 Å². The molecule has 0 saturated heterocycles. The molecule has 0 saturated carbocycles. The number of ether oxygens (including phenoxy) is 2. The summed E-state index contributed by atoms with van der Waals surface area (Å²) in [6.45, 7) is 7.66. The molecule has 1 aromatic carbocycles. The summed E-state index contributed by atoms with van der Waals surface area (Å²) in [7, 11) is 0. The Morgan fingerprint density at radius 2 is 1.96 bits per heavy atom. The summed E-state index contributed by atoms with van der Waals surface area (Å²) in [4.78, 5) is 23.2. The quantitative estimate of drug-likeness (QED) is 0.856. The summed E-state index contributed by atoms with van der Waals surface area (Å²) in [5.41, 5.74) is 5.66. The Kier molecular flexibility index (Phi) is 4.63. The minimum Gasteiger partial charge on any atom is -0.484 e. The Morgan fingerprint density at radius 1 is 1.26 bits per heavy atom. The smallest absolute Gasteiger partial charge is 0.342 e. The molecule has 0 spiro atoms. The Morgan fingerprint density at radius 3 is 2.52 bits per heavy atom. The number of carbonyl (C=O) groups is 2. The standard InChI is InChI=1S/C17H21NO5/c1-5-21-16(20)14-11-8-10(22-9-13(18)19)6-7-12(11)23-15(14)17(2,3)4/h6-8H,5,9H2,1-4H3,(H2,18,19). The van der Waals surface area contributed by atoms with Gasteiger partial charge in [0.15, 0.2) is 6.61 Å². The third-order valence-corrected chi connectivity index (χ3v) is 3.20. The topological polar surface area (TPSA) is 91.8 Å². The van der Waals surface area contributed by atoms with E-state index in [1.807, 2.05) is 20.8 Å². The molecule has 1 aromatic heterocycles. The van der Waals surface area contributed by atoms with Crippen LogP contribution in [0.25, 0.3) is 11.0 Å². The van der Waals surface area contributed by atoms with Crippen molar-refractivity contribution >= 4 is 22.8 Å². The zero-order valence-corrected chi connectivity index (χ0v) is 13.8.